The minimum Gasteiger partial charge on any atom is -0.381 e. The second-order valence-electron chi connectivity index (χ2n) is 3.37. The molecule has 1 aromatic heterocycles. The Morgan fingerprint density at radius 2 is 2.50 bits per heavy atom. The van der Waals surface area contributed by atoms with Gasteiger partial charge in [-0.15, -0.1) is 0 Å². The van der Waals surface area contributed by atoms with E-state index in [-0.39, 0.29) is 0 Å². The van der Waals surface area contributed by atoms with Crippen LogP contribution in [0.2, 0.25) is 5.15 Å². The van der Waals surface area contributed by atoms with E-state index in [4.69, 9.17) is 16.3 Å². The first-order chi connectivity index (χ1) is 6.86. The Morgan fingerprint density at radius 1 is 1.57 bits per heavy atom. The Kier molecular flexibility index (Phi) is 3.55. The van der Waals surface area contributed by atoms with Crippen molar-refractivity contribution in [2.24, 2.45) is 5.92 Å². The fourth-order valence-electron chi connectivity index (χ4n) is 1.49. The van der Waals surface area contributed by atoms with E-state index in [1.165, 1.54) is 6.42 Å². The lowest BCUT2D eigenvalue weighted by atomic mass is 10.0. The molecule has 1 N–H and O–H groups in total. The van der Waals surface area contributed by atoms with Gasteiger partial charge in [0.2, 0.25) is 0 Å². The molecular weight excluding hydrogens is 222 g/mol. The molecule has 0 radical (unpaired) electrons. The summed E-state index contributed by atoms with van der Waals surface area (Å²) in [7, 11) is 0. The minimum atomic E-state index is 0.465. The first-order valence-electron chi connectivity index (χ1n) is 4.66. The molecule has 1 aromatic rings. The van der Waals surface area contributed by atoms with Gasteiger partial charge in [-0.2, -0.15) is 8.75 Å². The third-order valence-electron chi connectivity index (χ3n) is 2.26. The SMILES string of the molecule is Clc1nsnc1NCC1CCCOC1. The van der Waals surface area contributed by atoms with E-state index in [1.54, 1.807) is 0 Å². The summed E-state index contributed by atoms with van der Waals surface area (Å²) in [6.07, 6.45) is 2.36. The molecule has 0 aliphatic carbocycles. The molecule has 1 aliphatic heterocycles. The van der Waals surface area contributed by atoms with Crippen LogP contribution in [0.25, 0.3) is 0 Å². The fourth-order valence-corrected chi connectivity index (χ4v) is 2.18. The maximum atomic E-state index is 5.80. The summed E-state index contributed by atoms with van der Waals surface area (Å²) in [4.78, 5) is 0. The topological polar surface area (TPSA) is 47.0 Å². The van der Waals surface area contributed by atoms with Crippen LogP contribution in [0.5, 0.6) is 0 Å². The second kappa shape index (κ2) is 4.91. The highest BCUT2D eigenvalue weighted by atomic mass is 35.5. The lowest BCUT2D eigenvalue weighted by molar-refractivity contribution is 0.0595. The maximum absolute atomic E-state index is 5.80. The highest BCUT2D eigenvalue weighted by Crippen LogP contribution is 2.19. The average molecular weight is 234 g/mol. The summed E-state index contributed by atoms with van der Waals surface area (Å²) in [5.74, 6) is 1.27. The number of ether oxygens (including phenoxy) is 1. The molecule has 1 aliphatic rings. The molecule has 6 heteroatoms. The van der Waals surface area contributed by atoms with Crippen LogP contribution in [0, 0.1) is 5.92 Å². The Labute approximate surface area is 91.9 Å². The molecular formula is C8H12ClN3OS. The molecule has 2 heterocycles. The van der Waals surface area contributed by atoms with Crippen molar-refractivity contribution >= 4 is 29.1 Å². The number of rotatable bonds is 3. The highest BCUT2D eigenvalue weighted by molar-refractivity contribution is 6.99. The number of nitrogens with one attached hydrogen (secondary N) is 1. The number of halogens is 1. The molecule has 0 spiro atoms. The summed E-state index contributed by atoms with van der Waals surface area (Å²) in [6, 6.07) is 0. The molecule has 2 rings (SSSR count). The summed E-state index contributed by atoms with van der Waals surface area (Å²) in [5.41, 5.74) is 0. The normalized spacial score (nSPS) is 22.2. The summed E-state index contributed by atoms with van der Waals surface area (Å²) in [6.45, 7) is 2.60. The fraction of sp³-hybridized carbons (Fsp3) is 0.750. The zero-order valence-electron chi connectivity index (χ0n) is 7.70. The first-order valence-corrected chi connectivity index (χ1v) is 5.77. The summed E-state index contributed by atoms with van der Waals surface area (Å²) < 4.78 is 13.3. The van der Waals surface area contributed by atoms with Gasteiger partial charge >= 0.3 is 0 Å². The van der Waals surface area contributed by atoms with E-state index in [2.05, 4.69) is 14.1 Å². The summed E-state index contributed by atoms with van der Waals surface area (Å²) in [5, 5.41) is 3.65. The quantitative estimate of drug-likeness (QED) is 0.868. The lowest BCUT2D eigenvalue weighted by Crippen LogP contribution is -2.24. The Morgan fingerprint density at radius 3 is 3.14 bits per heavy atom. The van der Waals surface area contributed by atoms with Crippen molar-refractivity contribution in [2.75, 3.05) is 25.1 Å². The molecule has 0 bridgehead atoms. The van der Waals surface area contributed by atoms with Crippen molar-refractivity contribution in [1.82, 2.24) is 8.75 Å². The van der Waals surface area contributed by atoms with E-state index in [9.17, 15) is 0 Å². The largest absolute Gasteiger partial charge is 0.381 e. The predicted octanol–water partition coefficient (Wildman–Crippen LogP) is 2.03. The van der Waals surface area contributed by atoms with Crippen LogP contribution in [0.15, 0.2) is 0 Å². The number of hydrogen-bond acceptors (Lipinski definition) is 5. The van der Waals surface area contributed by atoms with Crippen LogP contribution >= 0.6 is 23.3 Å². The van der Waals surface area contributed by atoms with Gasteiger partial charge in [0, 0.05) is 13.2 Å². The molecule has 14 heavy (non-hydrogen) atoms. The molecule has 0 saturated carbocycles. The number of hydrogen-bond donors (Lipinski definition) is 1. The van der Waals surface area contributed by atoms with Crippen molar-refractivity contribution < 1.29 is 4.74 Å². The van der Waals surface area contributed by atoms with Crippen molar-refractivity contribution in [3.63, 3.8) is 0 Å². The molecule has 1 fully saturated rings. The summed E-state index contributed by atoms with van der Waals surface area (Å²) >= 11 is 6.93. The minimum absolute atomic E-state index is 0.465. The van der Waals surface area contributed by atoms with Crippen LogP contribution in [0.4, 0.5) is 5.82 Å². The van der Waals surface area contributed by atoms with Crippen molar-refractivity contribution in [3.05, 3.63) is 5.15 Å². The van der Waals surface area contributed by atoms with Gasteiger partial charge in [0.25, 0.3) is 0 Å². The van der Waals surface area contributed by atoms with Crippen molar-refractivity contribution in [1.29, 1.82) is 0 Å². The highest BCUT2D eigenvalue weighted by Gasteiger charge is 2.14. The van der Waals surface area contributed by atoms with Gasteiger partial charge in [0.1, 0.15) is 0 Å². The Bertz CT molecular complexity index is 288. The zero-order valence-corrected chi connectivity index (χ0v) is 9.27. The number of nitrogens with zero attached hydrogens (tertiary/aromatic N) is 2. The molecule has 1 atom stereocenters. The molecule has 0 aromatic carbocycles. The number of aromatic nitrogens is 2. The van der Waals surface area contributed by atoms with Crippen molar-refractivity contribution in [3.8, 4) is 0 Å². The monoisotopic (exact) mass is 233 g/mol. The number of anilines is 1. The van der Waals surface area contributed by atoms with E-state index < -0.39 is 0 Å². The smallest absolute Gasteiger partial charge is 0.186 e. The Hall–Kier alpha value is -0.390. The zero-order chi connectivity index (χ0) is 9.80. The second-order valence-corrected chi connectivity index (χ2v) is 4.25. The molecule has 78 valence electrons. The van der Waals surface area contributed by atoms with E-state index in [0.29, 0.717) is 16.9 Å². The van der Waals surface area contributed by atoms with Gasteiger partial charge < -0.3 is 10.1 Å². The van der Waals surface area contributed by atoms with Crippen LogP contribution in [0.3, 0.4) is 0 Å². The van der Waals surface area contributed by atoms with Crippen LogP contribution in [-0.4, -0.2) is 28.5 Å². The van der Waals surface area contributed by atoms with E-state index >= 15 is 0 Å². The van der Waals surface area contributed by atoms with Crippen molar-refractivity contribution in [2.45, 2.75) is 12.8 Å². The standard InChI is InChI=1S/C8H12ClN3OS/c9-7-8(12-14-11-7)10-4-6-2-1-3-13-5-6/h6H,1-5H2,(H,10,12). The van der Waals surface area contributed by atoms with Gasteiger partial charge in [-0.05, 0) is 18.8 Å². The van der Waals surface area contributed by atoms with E-state index in [0.717, 1.165) is 37.9 Å². The third-order valence-corrected chi connectivity index (χ3v) is 3.15. The average Bonchev–Trinajstić information content (AvgIpc) is 2.63. The first kappa shape index (κ1) is 10.1. The van der Waals surface area contributed by atoms with Crippen LogP contribution < -0.4 is 5.32 Å². The third kappa shape index (κ3) is 2.56. The van der Waals surface area contributed by atoms with E-state index in [1.807, 2.05) is 0 Å². The molecule has 0 amide bonds. The molecule has 4 nitrogen and oxygen atoms in total. The lowest BCUT2D eigenvalue weighted by Gasteiger charge is -2.21. The molecule has 1 saturated heterocycles. The molecule has 1 unspecified atom stereocenters. The van der Waals surface area contributed by atoms with Crippen LogP contribution in [-0.2, 0) is 4.74 Å². The van der Waals surface area contributed by atoms with Gasteiger partial charge in [-0.1, -0.05) is 11.6 Å². The maximum Gasteiger partial charge on any atom is 0.186 e. The Balaban J connectivity index is 1.79. The predicted molar refractivity (Wildman–Crippen MR) is 57.0 cm³/mol. The van der Waals surface area contributed by atoms with Gasteiger partial charge in [0.05, 0.1) is 18.3 Å². The van der Waals surface area contributed by atoms with Crippen LogP contribution in [0.1, 0.15) is 12.8 Å². The van der Waals surface area contributed by atoms with Gasteiger partial charge in [0.15, 0.2) is 11.0 Å². The van der Waals surface area contributed by atoms with Gasteiger partial charge in [-0.3, -0.25) is 0 Å². The van der Waals surface area contributed by atoms with Gasteiger partial charge in [-0.25, -0.2) is 0 Å².